The van der Waals surface area contributed by atoms with E-state index in [0.717, 1.165) is 0 Å². The van der Waals surface area contributed by atoms with Crippen LogP contribution in [-0.4, -0.2) is 57.7 Å². The number of nitroso groups, excluding NO2 is 1. The van der Waals surface area contributed by atoms with Crippen LogP contribution in [0.25, 0.3) is 0 Å². The molecule has 0 bridgehead atoms. The Morgan fingerprint density at radius 3 is 2.23 bits per heavy atom. The highest BCUT2D eigenvalue weighted by molar-refractivity contribution is 4.89. The standard InChI is InChI=1S/C6H11NO6/c8-3-2(1-7-12)13-6(11)5(10)4(3)9/h2-6,8-11H,1H2. The Balaban J connectivity index is 2.64. The van der Waals surface area contributed by atoms with Gasteiger partial charge in [0, 0.05) is 0 Å². The van der Waals surface area contributed by atoms with Crippen LogP contribution < -0.4 is 0 Å². The summed E-state index contributed by atoms with van der Waals surface area (Å²) in [4.78, 5) is 9.85. The predicted octanol–water partition coefficient (Wildman–Crippen LogP) is -2.45. The average Bonchev–Trinajstić information content (AvgIpc) is 2.11. The lowest BCUT2D eigenvalue weighted by molar-refractivity contribution is -0.279. The molecule has 0 aliphatic carbocycles. The van der Waals surface area contributed by atoms with E-state index in [4.69, 9.17) is 15.3 Å². The van der Waals surface area contributed by atoms with Crippen molar-refractivity contribution < 1.29 is 25.2 Å². The zero-order chi connectivity index (χ0) is 10.0. The highest BCUT2D eigenvalue weighted by Gasteiger charge is 2.42. The first-order valence-electron chi connectivity index (χ1n) is 3.74. The SMILES string of the molecule is O=NCC1OC(O)C(O)C(O)C1O. The van der Waals surface area contributed by atoms with Gasteiger partial charge in [-0.05, 0) is 0 Å². The lowest BCUT2D eigenvalue weighted by Crippen LogP contribution is -2.58. The van der Waals surface area contributed by atoms with Gasteiger partial charge in [0.05, 0.1) is 0 Å². The Morgan fingerprint density at radius 1 is 1.08 bits per heavy atom. The van der Waals surface area contributed by atoms with Gasteiger partial charge in [-0.2, -0.15) is 4.91 Å². The van der Waals surface area contributed by atoms with Crippen molar-refractivity contribution in [3.05, 3.63) is 4.91 Å². The van der Waals surface area contributed by atoms with E-state index in [-0.39, 0.29) is 6.54 Å². The first-order chi connectivity index (χ1) is 6.07. The largest absolute Gasteiger partial charge is 0.388 e. The molecule has 76 valence electrons. The third kappa shape index (κ3) is 2.01. The van der Waals surface area contributed by atoms with Crippen molar-refractivity contribution in [2.45, 2.75) is 30.7 Å². The summed E-state index contributed by atoms with van der Waals surface area (Å²) in [6.07, 6.45) is -7.21. The highest BCUT2D eigenvalue weighted by Crippen LogP contribution is 2.19. The Bertz CT molecular complexity index is 188. The summed E-state index contributed by atoms with van der Waals surface area (Å²) in [5, 5.41) is 38.8. The molecule has 1 heterocycles. The van der Waals surface area contributed by atoms with Gasteiger partial charge in [0.15, 0.2) is 6.29 Å². The van der Waals surface area contributed by atoms with Crippen LogP contribution >= 0.6 is 0 Å². The number of hydrogen-bond acceptors (Lipinski definition) is 7. The number of ether oxygens (including phenoxy) is 1. The maximum atomic E-state index is 9.85. The number of rotatable bonds is 2. The topological polar surface area (TPSA) is 120 Å². The molecule has 0 amide bonds. The fraction of sp³-hybridized carbons (Fsp3) is 1.00. The van der Waals surface area contributed by atoms with Crippen molar-refractivity contribution in [2.24, 2.45) is 5.18 Å². The predicted molar refractivity (Wildman–Crippen MR) is 39.6 cm³/mol. The molecular formula is C6H11NO6. The van der Waals surface area contributed by atoms with Crippen LogP contribution in [0.15, 0.2) is 5.18 Å². The molecule has 1 saturated heterocycles. The van der Waals surface area contributed by atoms with Crippen molar-refractivity contribution in [3.8, 4) is 0 Å². The fourth-order valence-electron chi connectivity index (χ4n) is 1.16. The zero-order valence-corrected chi connectivity index (χ0v) is 6.65. The molecule has 7 nitrogen and oxygen atoms in total. The minimum Gasteiger partial charge on any atom is -0.388 e. The molecule has 13 heavy (non-hydrogen) atoms. The van der Waals surface area contributed by atoms with Crippen LogP contribution in [-0.2, 0) is 4.74 Å². The van der Waals surface area contributed by atoms with Crippen molar-refractivity contribution in [1.29, 1.82) is 0 Å². The molecule has 0 aromatic heterocycles. The summed E-state index contributed by atoms with van der Waals surface area (Å²) < 4.78 is 4.62. The van der Waals surface area contributed by atoms with E-state index in [1.165, 1.54) is 0 Å². The Labute approximate surface area is 73.5 Å². The third-order valence-electron chi connectivity index (χ3n) is 1.94. The van der Waals surface area contributed by atoms with Crippen LogP contribution in [0.3, 0.4) is 0 Å². The van der Waals surface area contributed by atoms with Crippen molar-refractivity contribution >= 4 is 0 Å². The summed E-state index contributed by atoms with van der Waals surface area (Å²) in [6.45, 7) is -0.387. The summed E-state index contributed by atoms with van der Waals surface area (Å²) in [6, 6.07) is 0. The van der Waals surface area contributed by atoms with Gasteiger partial charge in [-0.25, -0.2) is 0 Å². The maximum absolute atomic E-state index is 9.85. The normalized spacial score (nSPS) is 46.0. The van der Waals surface area contributed by atoms with E-state index in [9.17, 15) is 10.0 Å². The lowest BCUT2D eigenvalue weighted by Gasteiger charge is -2.37. The van der Waals surface area contributed by atoms with E-state index < -0.39 is 30.7 Å². The van der Waals surface area contributed by atoms with Crippen LogP contribution in [0.5, 0.6) is 0 Å². The molecule has 0 spiro atoms. The van der Waals surface area contributed by atoms with Gasteiger partial charge in [0.25, 0.3) is 0 Å². The number of aliphatic hydroxyl groups is 4. The van der Waals surface area contributed by atoms with Crippen LogP contribution in [0.1, 0.15) is 0 Å². The van der Waals surface area contributed by atoms with E-state index in [1.807, 2.05) is 0 Å². The molecule has 0 radical (unpaired) electrons. The molecule has 1 aliphatic rings. The minimum atomic E-state index is -1.61. The first-order valence-corrected chi connectivity index (χ1v) is 3.74. The molecule has 5 atom stereocenters. The van der Waals surface area contributed by atoms with Gasteiger partial charge >= 0.3 is 0 Å². The van der Waals surface area contributed by atoms with Gasteiger partial charge in [0.1, 0.15) is 31.0 Å². The summed E-state index contributed by atoms with van der Waals surface area (Å²) in [7, 11) is 0. The molecule has 1 aliphatic heterocycles. The first kappa shape index (κ1) is 10.5. The Kier molecular flexibility index (Phi) is 3.28. The number of hydrogen-bond donors (Lipinski definition) is 4. The molecule has 1 fully saturated rings. The monoisotopic (exact) mass is 193 g/mol. The molecular weight excluding hydrogens is 182 g/mol. The van der Waals surface area contributed by atoms with Gasteiger partial charge in [0.2, 0.25) is 0 Å². The van der Waals surface area contributed by atoms with Gasteiger partial charge in [-0.15, -0.1) is 0 Å². The van der Waals surface area contributed by atoms with Gasteiger partial charge in [-0.3, -0.25) is 0 Å². The zero-order valence-electron chi connectivity index (χ0n) is 6.65. The molecule has 5 unspecified atom stereocenters. The lowest BCUT2D eigenvalue weighted by atomic mass is 9.99. The summed E-state index contributed by atoms with van der Waals surface area (Å²) in [5.41, 5.74) is 0. The van der Waals surface area contributed by atoms with Crippen molar-refractivity contribution in [1.82, 2.24) is 0 Å². The molecule has 0 aromatic carbocycles. The fourth-order valence-corrected chi connectivity index (χ4v) is 1.16. The van der Waals surface area contributed by atoms with Gasteiger partial charge in [-0.1, -0.05) is 5.18 Å². The van der Waals surface area contributed by atoms with E-state index >= 15 is 0 Å². The second kappa shape index (κ2) is 4.07. The van der Waals surface area contributed by atoms with Crippen LogP contribution in [0.2, 0.25) is 0 Å². The number of nitrogens with zero attached hydrogens (tertiary/aromatic N) is 1. The third-order valence-corrected chi connectivity index (χ3v) is 1.94. The quantitative estimate of drug-likeness (QED) is 0.361. The molecule has 7 heteroatoms. The highest BCUT2D eigenvalue weighted by atomic mass is 16.6. The van der Waals surface area contributed by atoms with Crippen molar-refractivity contribution in [2.75, 3.05) is 6.54 Å². The van der Waals surface area contributed by atoms with Crippen molar-refractivity contribution in [3.63, 3.8) is 0 Å². The minimum absolute atomic E-state index is 0.387. The van der Waals surface area contributed by atoms with E-state index in [1.54, 1.807) is 0 Å². The molecule has 4 N–H and O–H groups in total. The second-order valence-electron chi connectivity index (χ2n) is 2.85. The van der Waals surface area contributed by atoms with E-state index in [2.05, 4.69) is 9.91 Å². The second-order valence-corrected chi connectivity index (χ2v) is 2.85. The van der Waals surface area contributed by atoms with Gasteiger partial charge < -0.3 is 25.2 Å². The number of aliphatic hydroxyl groups excluding tert-OH is 4. The van der Waals surface area contributed by atoms with Crippen LogP contribution in [0, 0.1) is 4.91 Å². The summed E-state index contributed by atoms with van der Waals surface area (Å²) >= 11 is 0. The summed E-state index contributed by atoms with van der Waals surface area (Å²) in [5.74, 6) is 0. The van der Waals surface area contributed by atoms with Crippen LogP contribution in [0.4, 0.5) is 0 Å². The average molecular weight is 193 g/mol. The maximum Gasteiger partial charge on any atom is 0.184 e. The Morgan fingerprint density at radius 2 is 1.69 bits per heavy atom. The molecule has 0 aromatic rings. The molecule has 1 rings (SSSR count). The Hall–Kier alpha value is -0.600. The van der Waals surface area contributed by atoms with E-state index in [0.29, 0.717) is 0 Å². The smallest absolute Gasteiger partial charge is 0.184 e. The molecule has 0 saturated carbocycles.